The van der Waals surface area contributed by atoms with Gasteiger partial charge in [0.05, 0.1) is 12.7 Å². The molecule has 0 heterocycles. The second-order valence-corrected chi connectivity index (χ2v) is 4.31. The first-order valence-corrected chi connectivity index (χ1v) is 6.32. The Morgan fingerprint density at radius 1 is 1.18 bits per heavy atom. The topological polar surface area (TPSA) is 52.5 Å². The van der Waals surface area contributed by atoms with Crippen LogP contribution in [0.15, 0.2) is 24.3 Å². The molecule has 2 unspecified atom stereocenters. The number of hydrogen-bond donors (Lipinski definition) is 3. The minimum Gasteiger partial charge on any atom is -0.395 e. The Balaban J connectivity index is 2.48. The van der Waals surface area contributed by atoms with Crippen molar-refractivity contribution in [1.82, 2.24) is 5.32 Å². The van der Waals surface area contributed by atoms with Gasteiger partial charge in [0.1, 0.15) is 0 Å². The van der Waals surface area contributed by atoms with Crippen LogP contribution in [0, 0.1) is 0 Å². The second kappa shape index (κ2) is 7.43. The molecule has 96 valence electrons. The summed E-state index contributed by atoms with van der Waals surface area (Å²) in [6.07, 6.45) is 1.36. The van der Waals surface area contributed by atoms with Crippen LogP contribution in [0.2, 0.25) is 0 Å². The highest BCUT2D eigenvalue weighted by Gasteiger charge is 2.10. The van der Waals surface area contributed by atoms with Crippen molar-refractivity contribution >= 4 is 0 Å². The molecule has 3 nitrogen and oxygen atoms in total. The van der Waals surface area contributed by atoms with Gasteiger partial charge in [-0.2, -0.15) is 0 Å². The van der Waals surface area contributed by atoms with Crippen LogP contribution in [-0.2, 0) is 6.42 Å². The highest BCUT2D eigenvalue weighted by molar-refractivity contribution is 5.24. The summed E-state index contributed by atoms with van der Waals surface area (Å²) in [7, 11) is 0. The van der Waals surface area contributed by atoms with Gasteiger partial charge in [0.25, 0.3) is 0 Å². The summed E-state index contributed by atoms with van der Waals surface area (Å²) < 4.78 is 0. The van der Waals surface area contributed by atoms with Gasteiger partial charge in [-0.05, 0) is 24.0 Å². The van der Waals surface area contributed by atoms with Crippen LogP contribution in [0.3, 0.4) is 0 Å². The van der Waals surface area contributed by atoms with Crippen LogP contribution in [0.4, 0.5) is 0 Å². The number of aryl methyl sites for hydroxylation is 1. The predicted molar refractivity (Wildman–Crippen MR) is 69.9 cm³/mol. The maximum atomic E-state index is 9.98. The van der Waals surface area contributed by atoms with Crippen LogP contribution < -0.4 is 5.32 Å². The molecule has 3 heteroatoms. The smallest absolute Gasteiger partial charge is 0.0914 e. The van der Waals surface area contributed by atoms with Crippen molar-refractivity contribution in [3.63, 3.8) is 0 Å². The Morgan fingerprint density at radius 3 is 2.29 bits per heavy atom. The molecule has 0 saturated heterocycles. The Labute approximate surface area is 103 Å². The van der Waals surface area contributed by atoms with Gasteiger partial charge in [0.15, 0.2) is 0 Å². The number of hydrogen-bond acceptors (Lipinski definition) is 3. The van der Waals surface area contributed by atoms with E-state index in [-0.39, 0.29) is 12.6 Å². The van der Waals surface area contributed by atoms with Gasteiger partial charge in [-0.3, -0.25) is 0 Å². The van der Waals surface area contributed by atoms with E-state index >= 15 is 0 Å². The molecular formula is C14H23NO2. The summed E-state index contributed by atoms with van der Waals surface area (Å²) in [5.74, 6) is 0. The largest absolute Gasteiger partial charge is 0.395 e. The van der Waals surface area contributed by atoms with Crippen LogP contribution >= 0.6 is 0 Å². The molecule has 1 rings (SSSR count). The maximum Gasteiger partial charge on any atom is 0.0914 e. The minimum atomic E-state index is -0.512. The zero-order valence-corrected chi connectivity index (χ0v) is 10.7. The summed E-state index contributed by atoms with van der Waals surface area (Å²) in [6, 6.07) is 8.08. The molecule has 17 heavy (non-hydrogen) atoms. The third kappa shape index (κ3) is 4.46. The molecule has 0 bridgehead atoms. The first kappa shape index (κ1) is 14.2. The van der Waals surface area contributed by atoms with Gasteiger partial charge in [0.2, 0.25) is 0 Å². The number of aliphatic hydroxyl groups excluding tert-OH is 2. The number of nitrogens with one attached hydrogen (secondary N) is 1. The third-order valence-corrected chi connectivity index (χ3v) is 3.09. The molecule has 0 aliphatic heterocycles. The number of aliphatic hydroxyl groups is 2. The second-order valence-electron chi connectivity index (χ2n) is 4.31. The molecule has 2 atom stereocenters. The molecule has 1 aromatic carbocycles. The maximum absolute atomic E-state index is 9.98. The van der Waals surface area contributed by atoms with Crippen molar-refractivity contribution in [2.75, 3.05) is 13.2 Å². The van der Waals surface area contributed by atoms with E-state index in [1.165, 1.54) is 5.56 Å². The average Bonchev–Trinajstić information content (AvgIpc) is 2.39. The molecule has 0 radical (unpaired) electrons. The quantitative estimate of drug-likeness (QED) is 0.676. The molecule has 0 aromatic heterocycles. The molecule has 1 aromatic rings. The van der Waals surface area contributed by atoms with E-state index in [4.69, 9.17) is 5.11 Å². The zero-order valence-electron chi connectivity index (χ0n) is 10.7. The summed E-state index contributed by atoms with van der Waals surface area (Å²) in [5, 5.41) is 22.2. The van der Waals surface area contributed by atoms with Crippen molar-refractivity contribution in [2.24, 2.45) is 0 Å². The molecule has 3 N–H and O–H groups in total. The summed E-state index contributed by atoms with van der Waals surface area (Å²) in [4.78, 5) is 0. The SMILES string of the molecule is CCc1ccc(C(O)CNC(CC)CO)cc1. The van der Waals surface area contributed by atoms with Crippen LogP contribution in [0.1, 0.15) is 37.5 Å². The Kier molecular flexibility index (Phi) is 6.19. The Bertz CT molecular complexity index is 307. The first-order chi connectivity index (χ1) is 8.21. The van der Waals surface area contributed by atoms with E-state index in [0.29, 0.717) is 6.54 Å². The standard InChI is InChI=1S/C14H23NO2/c1-3-11-5-7-12(8-6-11)14(17)9-15-13(4-2)10-16/h5-8,13-17H,3-4,9-10H2,1-2H3. The van der Waals surface area contributed by atoms with Crippen molar-refractivity contribution in [1.29, 1.82) is 0 Å². The van der Waals surface area contributed by atoms with Gasteiger partial charge in [-0.15, -0.1) is 0 Å². The fourth-order valence-electron chi connectivity index (χ4n) is 1.71. The molecule has 0 amide bonds. The number of rotatable bonds is 7. The van der Waals surface area contributed by atoms with E-state index in [1.54, 1.807) is 0 Å². The summed E-state index contributed by atoms with van der Waals surface area (Å²) in [6.45, 7) is 4.71. The van der Waals surface area contributed by atoms with Crippen molar-refractivity contribution in [3.05, 3.63) is 35.4 Å². The van der Waals surface area contributed by atoms with E-state index in [0.717, 1.165) is 18.4 Å². The molecule has 0 spiro atoms. The molecule has 0 saturated carbocycles. The van der Waals surface area contributed by atoms with Crippen LogP contribution in [-0.4, -0.2) is 29.4 Å². The van der Waals surface area contributed by atoms with Gasteiger partial charge < -0.3 is 15.5 Å². The zero-order chi connectivity index (χ0) is 12.7. The molecule has 0 aliphatic rings. The van der Waals surface area contributed by atoms with Gasteiger partial charge >= 0.3 is 0 Å². The van der Waals surface area contributed by atoms with E-state index < -0.39 is 6.10 Å². The van der Waals surface area contributed by atoms with Crippen molar-refractivity contribution in [2.45, 2.75) is 38.8 Å². The molecule has 0 aliphatic carbocycles. The van der Waals surface area contributed by atoms with Gasteiger partial charge in [-0.1, -0.05) is 38.1 Å². The number of benzene rings is 1. The summed E-state index contributed by atoms with van der Waals surface area (Å²) in [5.41, 5.74) is 2.19. The normalized spacial score (nSPS) is 14.6. The van der Waals surface area contributed by atoms with Gasteiger partial charge in [-0.25, -0.2) is 0 Å². The van der Waals surface area contributed by atoms with Gasteiger partial charge in [0, 0.05) is 12.6 Å². The third-order valence-electron chi connectivity index (χ3n) is 3.09. The lowest BCUT2D eigenvalue weighted by Crippen LogP contribution is -2.34. The molecule has 0 fully saturated rings. The predicted octanol–water partition coefficient (Wildman–Crippen LogP) is 1.64. The molecular weight excluding hydrogens is 214 g/mol. The van der Waals surface area contributed by atoms with E-state index in [2.05, 4.69) is 12.2 Å². The van der Waals surface area contributed by atoms with E-state index in [1.807, 2.05) is 31.2 Å². The van der Waals surface area contributed by atoms with Crippen LogP contribution in [0.25, 0.3) is 0 Å². The lowest BCUT2D eigenvalue weighted by molar-refractivity contribution is 0.158. The van der Waals surface area contributed by atoms with Crippen molar-refractivity contribution in [3.8, 4) is 0 Å². The Hall–Kier alpha value is -0.900. The lowest BCUT2D eigenvalue weighted by atomic mass is 10.1. The fourth-order valence-corrected chi connectivity index (χ4v) is 1.71. The minimum absolute atomic E-state index is 0.0690. The van der Waals surface area contributed by atoms with Crippen LogP contribution in [0.5, 0.6) is 0 Å². The fraction of sp³-hybridized carbons (Fsp3) is 0.571. The first-order valence-electron chi connectivity index (χ1n) is 6.32. The monoisotopic (exact) mass is 237 g/mol. The Morgan fingerprint density at radius 2 is 1.82 bits per heavy atom. The average molecular weight is 237 g/mol. The highest BCUT2D eigenvalue weighted by atomic mass is 16.3. The lowest BCUT2D eigenvalue weighted by Gasteiger charge is -2.17. The summed E-state index contributed by atoms with van der Waals surface area (Å²) >= 11 is 0. The van der Waals surface area contributed by atoms with E-state index in [9.17, 15) is 5.11 Å². The highest BCUT2D eigenvalue weighted by Crippen LogP contribution is 2.13. The van der Waals surface area contributed by atoms with Crippen molar-refractivity contribution < 1.29 is 10.2 Å².